The number of carboxylic acid groups (broad SMARTS) is 1. The molecule has 2 heterocycles. The lowest BCUT2D eigenvalue weighted by atomic mass is 9.96. The number of aliphatic hydroxyl groups excluding tert-OH is 1. The SMILES string of the molecule is O=C(O)CN1C(=O)/C(=C\c2ccc3c(c2)CC(O)CN3c2ccccc2)SC1=S. The van der Waals surface area contributed by atoms with E-state index >= 15 is 0 Å². The number of amides is 1. The molecule has 0 aromatic heterocycles. The molecule has 1 fully saturated rings. The minimum atomic E-state index is -1.11. The highest BCUT2D eigenvalue weighted by Crippen LogP contribution is 2.36. The molecular weight excluding hydrogens is 408 g/mol. The van der Waals surface area contributed by atoms with Crippen LogP contribution in [0.4, 0.5) is 11.4 Å². The van der Waals surface area contributed by atoms with Gasteiger partial charge in [0.1, 0.15) is 10.9 Å². The highest BCUT2D eigenvalue weighted by molar-refractivity contribution is 8.26. The summed E-state index contributed by atoms with van der Waals surface area (Å²) in [5.74, 6) is -1.50. The molecule has 1 unspecified atom stereocenters. The lowest BCUT2D eigenvalue weighted by Crippen LogP contribution is -2.35. The van der Waals surface area contributed by atoms with Crippen molar-refractivity contribution in [1.29, 1.82) is 0 Å². The molecule has 0 spiro atoms. The highest BCUT2D eigenvalue weighted by Gasteiger charge is 2.33. The predicted octanol–water partition coefficient (Wildman–Crippen LogP) is 3.03. The number of carbonyl (C=O) groups excluding carboxylic acids is 1. The van der Waals surface area contributed by atoms with Crippen molar-refractivity contribution in [3.05, 3.63) is 64.6 Å². The molecule has 2 N–H and O–H groups in total. The van der Waals surface area contributed by atoms with Gasteiger partial charge >= 0.3 is 5.97 Å². The molecule has 148 valence electrons. The van der Waals surface area contributed by atoms with Crippen LogP contribution in [0.2, 0.25) is 0 Å². The number of carbonyl (C=O) groups is 2. The molecule has 2 aliphatic rings. The topological polar surface area (TPSA) is 81.1 Å². The zero-order chi connectivity index (χ0) is 20.5. The number of anilines is 2. The van der Waals surface area contributed by atoms with Crippen LogP contribution in [-0.4, -0.2) is 50.5 Å². The molecule has 1 amide bonds. The molecule has 8 heteroatoms. The number of aliphatic hydroxyl groups is 1. The van der Waals surface area contributed by atoms with E-state index in [1.165, 1.54) is 0 Å². The van der Waals surface area contributed by atoms with Crippen LogP contribution in [0.15, 0.2) is 53.4 Å². The first-order chi connectivity index (χ1) is 13.9. The number of thioether (sulfide) groups is 1. The van der Waals surface area contributed by atoms with Crippen molar-refractivity contribution >= 4 is 57.6 Å². The first-order valence-electron chi connectivity index (χ1n) is 9.03. The standard InChI is InChI=1S/C21H18N2O4S2/c24-16-10-14-8-13(9-18-20(27)23(12-19(25)26)21(28)29-18)6-7-17(14)22(11-16)15-4-2-1-3-5-15/h1-9,16,24H,10-12H2,(H,25,26)/b18-9+. The molecule has 2 aromatic carbocycles. The van der Waals surface area contributed by atoms with E-state index in [0.717, 1.165) is 39.2 Å². The largest absolute Gasteiger partial charge is 0.480 e. The Balaban J connectivity index is 1.64. The number of hydrogen-bond acceptors (Lipinski definition) is 6. The van der Waals surface area contributed by atoms with Crippen molar-refractivity contribution in [1.82, 2.24) is 4.90 Å². The average molecular weight is 427 g/mol. The van der Waals surface area contributed by atoms with Gasteiger partial charge in [0, 0.05) is 24.3 Å². The number of nitrogens with zero attached hydrogens (tertiary/aromatic N) is 2. The summed E-state index contributed by atoms with van der Waals surface area (Å²) < 4.78 is 0.243. The van der Waals surface area contributed by atoms with Crippen LogP contribution < -0.4 is 4.90 Å². The fourth-order valence-electron chi connectivity index (χ4n) is 3.52. The van der Waals surface area contributed by atoms with E-state index in [1.807, 2.05) is 48.5 Å². The van der Waals surface area contributed by atoms with Crippen LogP contribution in [-0.2, 0) is 16.0 Å². The molecule has 0 aliphatic carbocycles. The lowest BCUT2D eigenvalue weighted by molar-refractivity contribution is -0.140. The lowest BCUT2D eigenvalue weighted by Gasteiger charge is -2.34. The van der Waals surface area contributed by atoms with Crippen LogP contribution >= 0.6 is 24.0 Å². The number of hydrogen-bond donors (Lipinski definition) is 2. The summed E-state index contributed by atoms with van der Waals surface area (Å²) in [7, 11) is 0. The van der Waals surface area contributed by atoms with Crippen molar-refractivity contribution in [2.75, 3.05) is 18.0 Å². The van der Waals surface area contributed by atoms with E-state index in [2.05, 4.69) is 4.90 Å². The van der Waals surface area contributed by atoms with E-state index in [4.69, 9.17) is 17.3 Å². The maximum absolute atomic E-state index is 12.5. The summed E-state index contributed by atoms with van der Waals surface area (Å²) >= 11 is 6.24. The maximum atomic E-state index is 12.5. The number of fused-ring (bicyclic) bond motifs is 1. The normalized spacial score (nSPS) is 20.3. The molecule has 2 aromatic rings. The maximum Gasteiger partial charge on any atom is 0.323 e. The number of benzene rings is 2. The van der Waals surface area contributed by atoms with Crippen LogP contribution in [0.5, 0.6) is 0 Å². The van der Waals surface area contributed by atoms with E-state index in [9.17, 15) is 14.7 Å². The average Bonchev–Trinajstić information content (AvgIpc) is 2.95. The van der Waals surface area contributed by atoms with Crippen molar-refractivity contribution in [2.45, 2.75) is 12.5 Å². The summed E-state index contributed by atoms with van der Waals surface area (Å²) in [4.78, 5) is 27.0. The van der Waals surface area contributed by atoms with Gasteiger partial charge in [-0.05, 0) is 41.5 Å². The summed E-state index contributed by atoms with van der Waals surface area (Å²) in [6.45, 7) is 0.0780. The van der Waals surface area contributed by atoms with Crippen LogP contribution in [0, 0.1) is 0 Å². The van der Waals surface area contributed by atoms with Crippen LogP contribution in [0.1, 0.15) is 11.1 Å². The molecule has 0 bridgehead atoms. The van der Waals surface area contributed by atoms with E-state index in [-0.39, 0.29) is 4.32 Å². The highest BCUT2D eigenvalue weighted by atomic mass is 32.2. The molecular formula is C21H18N2O4S2. The van der Waals surface area contributed by atoms with Crippen molar-refractivity contribution < 1.29 is 19.8 Å². The second-order valence-electron chi connectivity index (χ2n) is 6.85. The van der Waals surface area contributed by atoms with Gasteiger partial charge in [-0.2, -0.15) is 0 Å². The summed E-state index contributed by atoms with van der Waals surface area (Å²) in [5, 5.41) is 19.3. The van der Waals surface area contributed by atoms with Gasteiger partial charge in [-0.25, -0.2) is 0 Å². The molecule has 0 saturated carbocycles. The third-order valence-corrected chi connectivity index (χ3v) is 6.15. The molecule has 0 radical (unpaired) electrons. The van der Waals surface area contributed by atoms with Crippen LogP contribution in [0.25, 0.3) is 6.08 Å². The van der Waals surface area contributed by atoms with E-state index in [1.54, 1.807) is 6.08 Å². The summed E-state index contributed by atoms with van der Waals surface area (Å²) in [6, 6.07) is 15.7. The van der Waals surface area contributed by atoms with Gasteiger partial charge in [0.25, 0.3) is 5.91 Å². The van der Waals surface area contributed by atoms with E-state index in [0.29, 0.717) is 17.9 Å². The summed E-state index contributed by atoms with van der Waals surface area (Å²) in [5.41, 5.74) is 3.83. The third-order valence-electron chi connectivity index (χ3n) is 4.78. The summed E-state index contributed by atoms with van der Waals surface area (Å²) in [6.07, 6.45) is 1.75. The van der Waals surface area contributed by atoms with Gasteiger partial charge in [0.2, 0.25) is 0 Å². The second kappa shape index (κ2) is 7.98. The van der Waals surface area contributed by atoms with E-state index < -0.39 is 24.5 Å². The first kappa shape index (κ1) is 19.6. The van der Waals surface area contributed by atoms with Crippen molar-refractivity contribution in [2.24, 2.45) is 0 Å². The Hall–Kier alpha value is -2.68. The number of β-amino-alcohol motifs (C(OH)–C–C–N with tert-alkyl or cyclic N) is 1. The zero-order valence-corrected chi connectivity index (χ0v) is 16.9. The predicted molar refractivity (Wildman–Crippen MR) is 117 cm³/mol. The van der Waals surface area contributed by atoms with Crippen LogP contribution in [0.3, 0.4) is 0 Å². The van der Waals surface area contributed by atoms with Gasteiger partial charge in [-0.1, -0.05) is 48.2 Å². The molecule has 1 saturated heterocycles. The first-order valence-corrected chi connectivity index (χ1v) is 10.3. The molecule has 4 rings (SSSR count). The third kappa shape index (κ3) is 4.05. The quantitative estimate of drug-likeness (QED) is 0.575. The Morgan fingerprint density at radius 3 is 2.72 bits per heavy atom. The van der Waals surface area contributed by atoms with Crippen molar-refractivity contribution in [3.8, 4) is 0 Å². The number of thiocarbonyl (C=S) groups is 1. The molecule has 2 aliphatic heterocycles. The fraction of sp³-hybridized carbons (Fsp3) is 0.190. The van der Waals surface area contributed by atoms with Crippen molar-refractivity contribution in [3.63, 3.8) is 0 Å². The minimum Gasteiger partial charge on any atom is -0.480 e. The number of para-hydroxylation sites is 1. The van der Waals surface area contributed by atoms with Gasteiger partial charge in [-0.3, -0.25) is 14.5 Å². The fourth-order valence-corrected chi connectivity index (χ4v) is 4.78. The number of rotatable bonds is 4. The number of aliphatic carboxylic acids is 1. The van der Waals surface area contributed by atoms with Gasteiger partial charge < -0.3 is 15.1 Å². The monoisotopic (exact) mass is 426 g/mol. The zero-order valence-electron chi connectivity index (χ0n) is 15.3. The second-order valence-corrected chi connectivity index (χ2v) is 8.53. The Kier molecular flexibility index (Phi) is 5.40. The minimum absolute atomic E-state index is 0.243. The smallest absolute Gasteiger partial charge is 0.323 e. The Morgan fingerprint density at radius 2 is 2.00 bits per heavy atom. The van der Waals surface area contributed by atoms with Gasteiger partial charge in [0.15, 0.2) is 0 Å². The van der Waals surface area contributed by atoms with Gasteiger partial charge in [-0.15, -0.1) is 0 Å². The Bertz CT molecular complexity index is 1020. The molecule has 6 nitrogen and oxygen atoms in total. The Labute approximate surface area is 177 Å². The molecule has 29 heavy (non-hydrogen) atoms. The molecule has 1 atom stereocenters. The van der Waals surface area contributed by atoms with Gasteiger partial charge in [0.05, 0.1) is 11.0 Å². The Morgan fingerprint density at radius 1 is 1.24 bits per heavy atom. The number of carboxylic acids is 1.